The molecule has 0 aromatic heterocycles. The molecule has 3 amide bonds. The van der Waals surface area contributed by atoms with Gasteiger partial charge in [0, 0.05) is 5.02 Å². The Morgan fingerprint density at radius 1 is 0.971 bits per heavy atom. The van der Waals surface area contributed by atoms with Crippen molar-refractivity contribution in [2.45, 2.75) is 23.6 Å². The molecule has 2 aromatic carbocycles. The molecule has 2 aromatic rings. The molecule has 1 aliphatic carbocycles. The molecule has 0 spiro atoms. The molecule has 11 heteroatoms. The van der Waals surface area contributed by atoms with Crippen LogP contribution in [-0.4, -0.2) is 41.1 Å². The quantitative estimate of drug-likeness (QED) is 0.329. The standard InChI is InChI=1S/C23H18Cl4N2O5/c24-12-4-5-19(18(27)7-12)28-20(30)10-34-23(33)11-2-1-3-13(6-11)29-21(31)14-8-16(25)17(26)9-15(14)22(29)32/h1-7,14-17H,8-10H2,(H,28,30)/t14-,15+,16-,17-/m0/s1. The van der Waals surface area contributed by atoms with Crippen LogP contribution < -0.4 is 10.2 Å². The number of nitrogens with one attached hydrogen (secondary N) is 1. The van der Waals surface area contributed by atoms with Crippen molar-refractivity contribution in [1.29, 1.82) is 0 Å². The highest BCUT2D eigenvalue weighted by Gasteiger charge is 2.52. The summed E-state index contributed by atoms with van der Waals surface area (Å²) >= 11 is 24.3. The summed E-state index contributed by atoms with van der Waals surface area (Å²) in [5.74, 6) is -3.21. The van der Waals surface area contributed by atoms with E-state index in [1.807, 2.05) is 0 Å². The van der Waals surface area contributed by atoms with E-state index in [0.29, 0.717) is 23.6 Å². The maximum Gasteiger partial charge on any atom is 0.338 e. The first-order chi connectivity index (χ1) is 16.2. The number of hydrogen-bond donors (Lipinski definition) is 1. The Kier molecular flexibility index (Phi) is 7.38. The first-order valence-electron chi connectivity index (χ1n) is 10.3. The molecule has 1 N–H and O–H groups in total. The summed E-state index contributed by atoms with van der Waals surface area (Å²) in [6.07, 6.45) is 0.631. The van der Waals surface area contributed by atoms with Crippen molar-refractivity contribution in [3.05, 3.63) is 58.1 Å². The molecule has 0 radical (unpaired) electrons. The van der Waals surface area contributed by atoms with Gasteiger partial charge >= 0.3 is 5.97 Å². The second-order valence-electron chi connectivity index (χ2n) is 8.03. The van der Waals surface area contributed by atoms with Crippen molar-refractivity contribution in [2.24, 2.45) is 11.8 Å². The zero-order valence-corrected chi connectivity index (χ0v) is 20.5. The van der Waals surface area contributed by atoms with Crippen LogP contribution in [-0.2, 0) is 19.1 Å². The number of alkyl halides is 2. The number of esters is 1. The third-order valence-electron chi connectivity index (χ3n) is 5.79. The molecule has 4 rings (SSSR count). The monoisotopic (exact) mass is 542 g/mol. The molecule has 178 valence electrons. The Morgan fingerprint density at radius 2 is 1.62 bits per heavy atom. The predicted octanol–water partition coefficient (Wildman–Crippen LogP) is 4.90. The van der Waals surface area contributed by atoms with E-state index in [0.717, 1.165) is 4.90 Å². The third-order valence-corrected chi connectivity index (χ3v) is 7.43. The minimum absolute atomic E-state index is 0.0794. The molecule has 2 fully saturated rings. The average Bonchev–Trinajstić information content (AvgIpc) is 3.03. The smallest absolute Gasteiger partial charge is 0.338 e. The lowest BCUT2D eigenvalue weighted by molar-refractivity contribution is -0.122. The molecule has 0 bridgehead atoms. The lowest BCUT2D eigenvalue weighted by atomic mass is 9.80. The van der Waals surface area contributed by atoms with Gasteiger partial charge in [-0.1, -0.05) is 29.3 Å². The fourth-order valence-corrected chi connectivity index (χ4v) is 5.16. The first kappa shape index (κ1) is 24.8. The second-order valence-corrected chi connectivity index (χ2v) is 9.99. The zero-order valence-electron chi connectivity index (χ0n) is 17.5. The maximum absolute atomic E-state index is 12.9. The number of rotatable bonds is 5. The molecule has 1 aliphatic heterocycles. The lowest BCUT2D eigenvalue weighted by Crippen LogP contribution is -2.34. The molecule has 1 saturated carbocycles. The summed E-state index contributed by atoms with van der Waals surface area (Å²) in [7, 11) is 0. The molecule has 34 heavy (non-hydrogen) atoms. The van der Waals surface area contributed by atoms with Crippen molar-refractivity contribution in [1.82, 2.24) is 0 Å². The summed E-state index contributed by atoms with van der Waals surface area (Å²) in [5, 5.41) is 2.38. The number of carbonyl (C=O) groups is 4. The number of nitrogens with zero attached hydrogens (tertiary/aromatic N) is 1. The number of carbonyl (C=O) groups excluding carboxylic acids is 4. The molecule has 1 heterocycles. The van der Waals surface area contributed by atoms with Crippen LogP contribution in [0.25, 0.3) is 0 Å². The van der Waals surface area contributed by atoms with Gasteiger partial charge in [0.15, 0.2) is 6.61 Å². The number of imide groups is 1. The SMILES string of the molecule is O=C(COC(=O)c1cccc(N2C(=O)[C@H]3C[C@H](Cl)[C@@H](Cl)C[C@H]3C2=O)c1)Nc1ccc(Cl)cc1Cl. The van der Waals surface area contributed by atoms with Gasteiger partial charge in [0.2, 0.25) is 11.8 Å². The highest BCUT2D eigenvalue weighted by atomic mass is 35.5. The molecule has 7 nitrogen and oxygen atoms in total. The minimum atomic E-state index is -0.794. The molecule has 1 saturated heterocycles. The van der Waals surface area contributed by atoms with E-state index in [4.69, 9.17) is 51.1 Å². The van der Waals surface area contributed by atoms with Gasteiger partial charge in [-0.25, -0.2) is 4.79 Å². The van der Waals surface area contributed by atoms with Crippen LogP contribution in [0.15, 0.2) is 42.5 Å². The summed E-state index contributed by atoms with van der Waals surface area (Å²) in [6.45, 7) is -0.567. The van der Waals surface area contributed by atoms with Gasteiger partial charge in [-0.2, -0.15) is 0 Å². The van der Waals surface area contributed by atoms with Gasteiger partial charge in [-0.3, -0.25) is 19.3 Å². The van der Waals surface area contributed by atoms with E-state index < -0.39 is 41.1 Å². The number of hydrogen-bond acceptors (Lipinski definition) is 5. The van der Waals surface area contributed by atoms with Gasteiger partial charge < -0.3 is 10.1 Å². The average molecular weight is 544 g/mol. The fourth-order valence-electron chi connectivity index (χ4n) is 4.11. The van der Waals surface area contributed by atoms with Gasteiger partial charge in [0.1, 0.15) is 0 Å². The summed E-state index contributed by atoms with van der Waals surface area (Å²) < 4.78 is 5.08. The second kappa shape index (κ2) is 10.1. The van der Waals surface area contributed by atoms with Crippen LogP contribution in [0.4, 0.5) is 11.4 Å². The van der Waals surface area contributed by atoms with Crippen LogP contribution in [0.2, 0.25) is 10.0 Å². The van der Waals surface area contributed by atoms with Gasteiger partial charge in [-0.05, 0) is 49.2 Å². The largest absolute Gasteiger partial charge is 0.452 e. The normalized spacial score (nSPS) is 24.1. The van der Waals surface area contributed by atoms with Crippen LogP contribution >= 0.6 is 46.4 Å². The Hall–Kier alpha value is -2.32. The fraction of sp³-hybridized carbons (Fsp3) is 0.304. The van der Waals surface area contributed by atoms with E-state index in [-0.39, 0.29) is 28.1 Å². The third kappa shape index (κ3) is 5.03. The van der Waals surface area contributed by atoms with E-state index in [9.17, 15) is 19.2 Å². The number of fused-ring (bicyclic) bond motifs is 1. The molecular weight excluding hydrogens is 526 g/mol. The molecular formula is C23H18Cl4N2O5. The number of amides is 3. The predicted molar refractivity (Wildman–Crippen MR) is 130 cm³/mol. The van der Waals surface area contributed by atoms with Crippen LogP contribution in [0.3, 0.4) is 0 Å². The van der Waals surface area contributed by atoms with E-state index in [1.54, 1.807) is 12.1 Å². The van der Waals surface area contributed by atoms with Crippen molar-refractivity contribution >= 4 is 81.5 Å². The van der Waals surface area contributed by atoms with Crippen molar-refractivity contribution in [3.8, 4) is 0 Å². The van der Waals surface area contributed by atoms with Gasteiger partial charge in [-0.15, -0.1) is 23.2 Å². The highest BCUT2D eigenvalue weighted by molar-refractivity contribution is 6.36. The number of benzene rings is 2. The van der Waals surface area contributed by atoms with E-state index in [1.165, 1.54) is 30.3 Å². The van der Waals surface area contributed by atoms with E-state index in [2.05, 4.69) is 5.32 Å². The summed E-state index contributed by atoms with van der Waals surface area (Å²) in [6, 6.07) is 10.5. The van der Waals surface area contributed by atoms with Crippen molar-refractivity contribution < 1.29 is 23.9 Å². The van der Waals surface area contributed by atoms with Crippen LogP contribution in [0, 0.1) is 11.8 Å². The van der Waals surface area contributed by atoms with Crippen LogP contribution in [0.5, 0.6) is 0 Å². The first-order valence-corrected chi connectivity index (χ1v) is 12.0. The topological polar surface area (TPSA) is 92.8 Å². The number of anilines is 2. The van der Waals surface area contributed by atoms with Crippen molar-refractivity contribution in [3.63, 3.8) is 0 Å². The summed E-state index contributed by atoms with van der Waals surface area (Å²) in [4.78, 5) is 51.6. The maximum atomic E-state index is 12.9. The highest BCUT2D eigenvalue weighted by Crippen LogP contribution is 2.43. The number of halogens is 4. The van der Waals surface area contributed by atoms with Crippen LogP contribution in [0.1, 0.15) is 23.2 Å². The zero-order chi connectivity index (χ0) is 24.6. The Bertz CT molecular complexity index is 1150. The molecule has 0 unspecified atom stereocenters. The van der Waals surface area contributed by atoms with E-state index >= 15 is 0 Å². The van der Waals surface area contributed by atoms with Gasteiger partial charge in [0.05, 0.1) is 44.6 Å². The van der Waals surface area contributed by atoms with Crippen molar-refractivity contribution in [2.75, 3.05) is 16.8 Å². The Labute approximate surface area is 215 Å². The summed E-state index contributed by atoms with van der Waals surface area (Å²) in [5.41, 5.74) is 0.643. The lowest BCUT2D eigenvalue weighted by Gasteiger charge is -2.28. The van der Waals surface area contributed by atoms with Gasteiger partial charge in [0.25, 0.3) is 5.91 Å². The Morgan fingerprint density at radius 3 is 2.24 bits per heavy atom. The number of ether oxygens (including phenoxy) is 1. The molecule has 2 aliphatic rings. The Balaban J connectivity index is 1.42. The molecule has 4 atom stereocenters. The minimum Gasteiger partial charge on any atom is -0.452 e.